The van der Waals surface area contributed by atoms with E-state index in [1.165, 1.54) is 5.56 Å². The van der Waals surface area contributed by atoms with Crippen LogP contribution in [0.25, 0.3) is 0 Å². The van der Waals surface area contributed by atoms with Gasteiger partial charge in [0, 0.05) is 13.1 Å². The smallest absolute Gasteiger partial charge is 0.255 e. The molecule has 0 radical (unpaired) electrons. The summed E-state index contributed by atoms with van der Waals surface area (Å²) in [5.74, 6) is 0.0940. The third kappa shape index (κ3) is 3.14. The Morgan fingerprint density at radius 1 is 1.09 bits per heavy atom. The lowest BCUT2D eigenvalue weighted by atomic mass is 10.1. The number of hydrogen-bond acceptors (Lipinski definition) is 3. The molecule has 22 heavy (non-hydrogen) atoms. The largest absolute Gasteiger partial charge is 0.285 e. The van der Waals surface area contributed by atoms with Crippen LogP contribution in [0.5, 0.6) is 0 Å². The second-order valence-electron chi connectivity index (χ2n) is 6.19. The number of hydrogen-bond donors (Lipinski definition) is 0. The molecule has 2 aliphatic rings. The monoisotopic (exact) mass is 301 g/mol. The number of nitrogens with zero attached hydrogens (tertiary/aromatic N) is 3. The highest BCUT2D eigenvalue weighted by Crippen LogP contribution is 2.21. The highest BCUT2D eigenvalue weighted by atomic mass is 16.2. The van der Waals surface area contributed by atoms with Gasteiger partial charge in [0.05, 0.1) is 19.1 Å². The summed E-state index contributed by atoms with van der Waals surface area (Å²) in [6, 6.07) is 10.3. The predicted octanol–water partition coefficient (Wildman–Crippen LogP) is 1.30. The first-order chi connectivity index (χ1) is 10.6. The average Bonchev–Trinajstić information content (AvgIpc) is 2.64. The molecule has 0 bridgehead atoms. The van der Waals surface area contributed by atoms with Crippen molar-refractivity contribution < 1.29 is 9.59 Å². The summed E-state index contributed by atoms with van der Waals surface area (Å²) in [6.07, 6.45) is 2.80. The van der Waals surface area contributed by atoms with Crippen LogP contribution in [0.1, 0.15) is 25.3 Å². The minimum atomic E-state index is 0.0467. The van der Waals surface area contributed by atoms with Crippen LogP contribution in [-0.4, -0.2) is 59.0 Å². The van der Waals surface area contributed by atoms with Gasteiger partial charge in [-0.3, -0.25) is 19.5 Å². The van der Waals surface area contributed by atoms with Gasteiger partial charge >= 0.3 is 0 Å². The summed E-state index contributed by atoms with van der Waals surface area (Å²) >= 11 is 0. The number of hydrazine groups is 1. The normalized spacial score (nSPS) is 23.4. The van der Waals surface area contributed by atoms with E-state index in [4.69, 9.17) is 0 Å². The molecule has 0 aliphatic carbocycles. The minimum Gasteiger partial charge on any atom is -0.285 e. The molecule has 0 unspecified atom stereocenters. The molecule has 0 N–H and O–H groups in total. The van der Waals surface area contributed by atoms with Crippen LogP contribution in [0.15, 0.2) is 30.3 Å². The van der Waals surface area contributed by atoms with Gasteiger partial charge in [-0.1, -0.05) is 30.3 Å². The molecule has 0 saturated carbocycles. The molecule has 1 atom stereocenters. The molecule has 0 aromatic heterocycles. The molecule has 1 aromatic rings. The summed E-state index contributed by atoms with van der Waals surface area (Å²) in [4.78, 5) is 26.9. The van der Waals surface area contributed by atoms with Gasteiger partial charge in [0.1, 0.15) is 0 Å². The molecule has 0 spiro atoms. The number of fused-ring (bicyclic) bond motifs is 1. The highest BCUT2D eigenvalue weighted by Gasteiger charge is 2.37. The highest BCUT2D eigenvalue weighted by molar-refractivity contribution is 5.87. The number of amides is 2. The summed E-state index contributed by atoms with van der Waals surface area (Å²) in [7, 11) is 0. The van der Waals surface area contributed by atoms with E-state index in [1.54, 1.807) is 10.0 Å². The molecule has 2 fully saturated rings. The van der Waals surface area contributed by atoms with Gasteiger partial charge in [0.2, 0.25) is 0 Å². The van der Waals surface area contributed by atoms with Crippen LogP contribution in [0.3, 0.4) is 0 Å². The first-order valence-electron chi connectivity index (χ1n) is 8.04. The molecule has 2 amide bonds. The van der Waals surface area contributed by atoms with E-state index >= 15 is 0 Å². The van der Waals surface area contributed by atoms with E-state index in [-0.39, 0.29) is 17.9 Å². The second kappa shape index (κ2) is 6.48. The summed E-state index contributed by atoms with van der Waals surface area (Å²) in [5.41, 5.74) is 1.23. The first kappa shape index (κ1) is 15.0. The first-order valence-corrected chi connectivity index (χ1v) is 8.04. The Morgan fingerprint density at radius 3 is 2.59 bits per heavy atom. The molecule has 2 aliphatic heterocycles. The second-order valence-corrected chi connectivity index (χ2v) is 6.19. The predicted molar refractivity (Wildman–Crippen MR) is 83.8 cm³/mol. The van der Waals surface area contributed by atoms with Crippen LogP contribution in [-0.2, 0) is 16.0 Å². The van der Waals surface area contributed by atoms with E-state index in [0.717, 1.165) is 25.8 Å². The fourth-order valence-electron chi connectivity index (χ4n) is 3.31. The van der Waals surface area contributed by atoms with Crippen molar-refractivity contribution in [1.82, 2.24) is 14.9 Å². The fourth-order valence-corrected chi connectivity index (χ4v) is 3.31. The van der Waals surface area contributed by atoms with Crippen LogP contribution >= 0.6 is 0 Å². The topological polar surface area (TPSA) is 43.9 Å². The summed E-state index contributed by atoms with van der Waals surface area (Å²) in [6.45, 7) is 4.09. The zero-order valence-corrected chi connectivity index (χ0v) is 13.1. The third-order valence-corrected chi connectivity index (χ3v) is 4.49. The van der Waals surface area contributed by atoms with Crippen molar-refractivity contribution in [3.63, 3.8) is 0 Å². The van der Waals surface area contributed by atoms with Crippen LogP contribution in [0.4, 0.5) is 0 Å². The number of carbonyl (C=O) groups excluding carboxylic acids is 2. The van der Waals surface area contributed by atoms with E-state index in [9.17, 15) is 9.59 Å². The Morgan fingerprint density at radius 2 is 1.82 bits per heavy atom. The lowest BCUT2D eigenvalue weighted by Crippen LogP contribution is -2.56. The van der Waals surface area contributed by atoms with Gasteiger partial charge in [0.25, 0.3) is 11.8 Å². The molecular weight excluding hydrogens is 278 g/mol. The minimum absolute atomic E-state index is 0.0467. The molecule has 118 valence electrons. The van der Waals surface area contributed by atoms with Gasteiger partial charge in [-0.15, -0.1) is 0 Å². The van der Waals surface area contributed by atoms with Gasteiger partial charge in [-0.25, -0.2) is 5.01 Å². The molecule has 1 aromatic carbocycles. The quantitative estimate of drug-likeness (QED) is 0.845. The Hall–Kier alpha value is -1.88. The lowest BCUT2D eigenvalue weighted by molar-refractivity contribution is -0.169. The maximum Gasteiger partial charge on any atom is 0.255 e. The molecule has 2 saturated heterocycles. The molecular formula is C17H23N3O2. The fraction of sp³-hybridized carbons (Fsp3) is 0.529. The van der Waals surface area contributed by atoms with E-state index in [0.29, 0.717) is 19.6 Å². The summed E-state index contributed by atoms with van der Waals surface area (Å²) in [5, 5.41) is 3.35. The van der Waals surface area contributed by atoms with Crippen LogP contribution in [0.2, 0.25) is 0 Å². The molecule has 2 heterocycles. The van der Waals surface area contributed by atoms with E-state index in [2.05, 4.69) is 12.1 Å². The Balaban J connectivity index is 1.67. The van der Waals surface area contributed by atoms with E-state index in [1.807, 2.05) is 30.0 Å². The van der Waals surface area contributed by atoms with Crippen LogP contribution < -0.4 is 0 Å². The van der Waals surface area contributed by atoms with Gasteiger partial charge in [0.15, 0.2) is 0 Å². The van der Waals surface area contributed by atoms with Crippen molar-refractivity contribution >= 4 is 11.8 Å². The van der Waals surface area contributed by atoms with Gasteiger partial charge in [-0.05, 0) is 31.7 Å². The summed E-state index contributed by atoms with van der Waals surface area (Å²) < 4.78 is 0. The number of rotatable bonds is 3. The molecule has 3 rings (SSSR count). The number of benzene rings is 1. The van der Waals surface area contributed by atoms with Crippen molar-refractivity contribution in [2.24, 2.45) is 0 Å². The SMILES string of the molecule is C[C@@H]1CCCN2C(=O)CN(CCc3ccccc3)CC(=O)N12. The Labute approximate surface area is 131 Å². The van der Waals surface area contributed by atoms with Crippen molar-refractivity contribution in [3.8, 4) is 0 Å². The molecule has 5 heteroatoms. The van der Waals surface area contributed by atoms with Crippen molar-refractivity contribution in [1.29, 1.82) is 0 Å². The Bertz CT molecular complexity index is 546. The van der Waals surface area contributed by atoms with Crippen molar-refractivity contribution in [2.45, 2.75) is 32.2 Å². The van der Waals surface area contributed by atoms with Gasteiger partial charge in [-0.2, -0.15) is 0 Å². The van der Waals surface area contributed by atoms with Crippen LogP contribution in [0, 0.1) is 0 Å². The molecule has 5 nitrogen and oxygen atoms in total. The third-order valence-electron chi connectivity index (χ3n) is 4.49. The standard InChI is InChI=1S/C17H23N3O2/c1-14-6-5-10-19-16(21)12-18(13-17(22)20(14)19)11-9-15-7-3-2-4-8-15/h2-4,7-8,14H,5-6,9-13H2,1H3/t14-/m1/s1. The van der Waals surface area contributed by atoms with Crippen molar-refractivity contribution in [3.05, 3.63) is 35.9 Å². The zero-order chi connectivity index (χ0) is 15.5. The maximum atomic E-state index is 12.5. The van der Waals surface area contributed by atoms with Crippen molar-refractivity contribution in [2.75, 3.05) is 26.2 Å². The Kier molecular flexibility index (Phi) is 4.43. The zero-order valence-electron chi connectivity index (χ0n) is 13.1. The van der Waals surface area contributed by atoms with Gasteiger partial charge < -0.3 is 0 Å². The average molecular weight is 301 g/mol. The number of carbonyl (C=O) groups is 2. The lowest BCUT2D eigenvalue weighted by Gasteiger charge is -2.41. The maximum absolute atomic E-state index is 12.5. The van der Waals surface area contributed by atoms with E-state index < -0.39 is 0 Å².